The molecule has 2 aromatic heterocycles. The van der Waals surface area contributed by atoms with E-state index in [9.17, 15) is 4.79 Å². The lowest BCUT2D eigenvalue weighted by Crippen LogP contribution is -2.44. The van der Waals surface area contributed by atoms with Crippen molar-refractivity contribution < 1.29 is 14.7 Å². The Morgan fingerprint density at radius 3 is 2.68 bits per heavy atom. The summed E-state index contributed by atoms with van der Waals surface area (Å²) < 4.78 is 0. The molecule has 6 N–H and O–H groups in total. The zero-order valence-electron chi connectivity index (χ0n) is 19.3. The number of piperidine rings is 1. The average molecular weight is 467 g/mol. The van der Waals surface area contributed by atoms with Crippen LogP contribution in [0.1, 0.15) is 36.9 Å². The summed E-state index contributed by atoms with van der Waals surface area (Å²) in [6.45, 7) is 3.27. The standard InChI is InChI=1S/C22H28N8O.CH2O2/c1-13(19(24)31)29(2)21-17-20(27-28-21)26-16(12-25-17)30-9-7-22(8-10-30)11-14-5-3-4-6-15(14)18(22)23;2-1-3/h3-6,12-13,18H,7-11,23H2,1-2H3,(H2,24,31)(H,26,27,28);1H,(H,2,3)/t13?,18-;/m1./s1. The molecule has 0 radical (unpaired) electrons. The Hall–Kier alpha value is -3.73. The van der Waals surface area contributed by atoms with Gasteiger partial charge in [-0.15, -0.1) is 0 Å². The fourth-order valence-electron chi connectivity index (χ4n) is 5.04. The number of H-pyrrole nitrogens is 1. The summed E-state index contributed by atoms with van der Waals surface area (Å²) in [5.74, 6) is 0.970. The van der Waals surface area contributed by atoms with E-state index in [0.29, 0.717) is 17.0 Å². The number of nitrogens with one attached hydrogen (secondary N) is 1. The summed E-state index contributed by atoms with van der Waals surface area (Å²) in [6, 6.07) is 8.17. The van der Waals surface area contributed by atoms with Crippen LogP contribution >= 0.6 is 0 Å². The number of benzene rings is 1. The van der Waals surface area contributed by atoms with Gasteiger partial charge in [0, 0.05) is 26.2 Å². The van der Waals surface area contributed by atoms with Gasteiger partial charge in [0.2, 0.25) is 5.91 Å². The lowest BCUT2D eigenvalue weighted by Gasteiger charge is -2.42. The van der Waals surface area contributed by atoms with E-state index in [1.807, 2.05) is 0 Å². The third-order valence-electron chi connectivity index (χ3n) is 7.24. The van der Waals surface area contributed by atoms with E-state index in [4.69, 9.17) is 26.4 Å². The zero-order chi connectivity index (χ0) is 24.5. The van der Waals surface area contributed by atoms with Gasteiger partial charge in [-0.2, -0.15) is 5.10 Å². The summed E-state index contributed by atoms with van der Waals surface area (Å²) in [4.78, 5) is 33.2. The molecule has 2 aliphatic rings. The number of nitrogens with two attached hydrogens (primary N) is 2. The topological polar surface area (TPSA) is 167 Å². The van der Waals surface area contributed by atoms with Crippen molar-refractivity contribution in [3.8, 4) is 0 Å². The molecule has 2 atom stereocenters. The minimum Gasteiger partial charge on any atom is -0.483 e. The molecule has 0 bridgehead atoms. The number of rotatable bonds is 4. The van der Waals surface area contributed by atoms with E-state index in [-0.39, 0.29) is 17.9 Å². The average Bonchev–Trinajstić information content (AvgIpc) is 3.38. The van der Waals surface area contributed by atoms with E-state index in [1.54, 1.807) is 25.1 Å². The normalized spacial score (nSPS) is 19.3. The SMILES string of the molecule is CC(C(N)=O)N(C)c1n[nH]c2nc(N3CCC4(CC3)Cc3ccccc3[C@H]4N)cnc12.O=CO. The van der Waals surface area contributed by atoms with Crippen molar-refractivity contribution in [3.05, 3.63) is 41.6 Å². The van der Waals surface area contributed by atoms with Crippen molar-refractivity contribution in [2.75, 3.05) is 29.9 Å². The highest BCUT2D eigenvalue weighted by Gasteiger charge is 2.45. The number of likely N-dealkylation sites (N-methyl/N-ethyl adjacent to an activating group) is 1. The molecule has 34 heavy (non-hydrogen) atoms. The number of nitrogens with zero attached hydrogens (tertiary/aromatic N) is 5. The zero-order valence-corrected chi connectivity index (χ0v) is 19.3. The van der Waals surface area contributed by atoms with Gasteiger partial charge in [-0.1, -0.05) is 24.3 Å². The van der Waals surface area contributed by atoms with Gasteiger partial charge < -0.3 is 26.4 Å². The molecule has 0 saturated carbocycles. The molecule has 1 aromatic carbocycles. The number of aromatic amines is 1. The van der Waals surface area contributed by atoms with E-state index >= 15 is 0 Å². The van der Waals surface area contributed by atoms with Gasteiger partial charge in [-0.25, -0.2) is 9.97 Å². The van der Waals surface area contributed by atoms with Crippen molar-refractivity contribution in [2.45, 2.75) is 38.3 Å². The van der Waals surface area contributed by atoms with Gasteiger partial charge in [0.15, 0.2) is 17.0 Å². The molecule has 11 nitrogen and oxygen atoms in total. The first-order valence-electron chi connectivity index (χ1n) is 11.2. The molecule has 3 heterocycles. The lowest BCUT2D eigenvalue weighted by atomic mass is 9.73. The molecular formula is C23H30N8O3. The number of primary amides is 1. The first-order chi connectivity index (χ1) is 16.3. The molecule has 5 rings (SSSR count). The largest absolute Gasteiger partial charge is 0.483 e. The highest BCUT2D eigenvalue weighted by molar-refractivity contribution is 5.89. The molecular weight excluding hydrogens is 436 g/mol. The summed E-state index contributed by atoms with van der Waals surface area (Å²) in [6.07, 6.45) is 4.88. The number of carbonyl (C=O) groups is 2. The molecule has 180 valence electrons. The summed E-state index contributed by atoms with van der Waals surface area (Å²) in [7, 11) is 1.77. The fourth-order valence-corrected chi connectivity index (χ4v) is 5.04. The molecule has 3 aromatic rings. The number of carboxylic acid groups (broad SMARTS) is 1. The maximum Gasteiger partial charge on any atom is 0.290 e. The Labute approximate surface area is 197 Å². The second kappa shape index (κ2) is 9.26. The van der Waals surface area contributed by atoms with Crippen LogP contribution in [-0.4, -0.2) is 63.8 Å². The second-order valence-corrected chi connectivity index (χ2v) is 8.97. The predicted octanol–water partition coefficient (Wildman–Crippen LogP) is 1.21. The predicted molar refractivity (Wildman–Crippen MR) is 128 cm³/mol. The van der Waals surface area contributed by atoms with Gasteiger partial charge in [0.25, 0.3) is 6.47 Å². The summed E-state index contributed by atoms with van der Waals surface area (Å²) in [5.41, 5.74) is 16.2. The molecule has 1 saturated heterocycles. The Kier molecular flexibility index (Phi) is 6.38. The van der Waals surface area contributed by atoms with Crippen molar-refractivity contribution in [3.63, 3.8) is 0 Å². The van der Waals surface area contributed by atoms with Crippen LogP contribution in [0.5, 0.6) is 0 Å². The highest BCUT2D eigenvalue weighted by atomic mass is 16.3. The van der Waals surface area contributed by atoms with Gasteiger partial charge in [-0.3, -0.25) is 14.7 Å². The third kappa shape index (κ3) is 4.03. The minimum atomic E-state index is -0.494. The van der Waals surface area contributed by atoms with Crippen LogP contribution in [0.2, 0.25) is 0 Å². The monoisotopic (exact) mass is 466 g/mol. The molecule has 1 amide bonds. The Morgan fingerprint density at radius 1 is 1.35 bits per heavy atom. The van der Waals surface area contributed by atoms with E-state index in [0.717, 1.165) is 38.2 Å². The van der Waals surface area contributed by atoms with Crippen molar-refractivity contribution in [2.24, 2.45) is 16.9 Å². The van der Waals surface area contributed by atoms with Gasteiger partial charge in [0.1, 0.15) is 11.9 Å². The highest BCUT2D eigenvalue weighted by Crippen LogP contribution is 2.50. The number of carbonyl (C=O) groups excluding carboxylic acids is 1. The molecule has 1 spiro atoms. The molecule has 11 heteroatoms. The fraction of sp³-hybridized carbons (Fsp3) is 0.435. The number of hydrogen-bond donors (Lipinski definition) is 4. The number of fused-ring (bicyclic) bond motifs is 2. The second-order valence-electron chi connectivity index (χ2n) is 8.97. The van der Waals surface area contributed by atoms with E-state index in [1.165, 1.54) is 11.1 Å². The van der Waals surface area contributed by atoms with Crippen LogP contribution in [0, 0.1) is 5.41 Å². The maximum absolute atomic E-state index is 11.5. The smallest absolute Gasteiger partial charge is 0.290 e. The van der Waals surface area contributed by atoms with E-state index in [2.05, 4.69) is 44.3 Å². The molecule has 1 aliphatic heterocycles. The van der Waals surface area contributed by atoms with Gasteiger partial charge >= 0.3 is 0 Å². The number of aromatic nitrogens is 4. The number of hydrogen-bond acceptors (Lipinski definition) is 8. The lowest BCUT2D eigenvalue weighted by molar-refractivity contribution is -0.123. The summed E-state index contributed by atoms with van der Waals surface area (Å²) >= 11 is 0. The van der Waals surface area contributed by atoms with Crippen LogP contribution in [0.25, 0.3) is 11.2 Å². The van der Waals surface area contributed by atoms with Crippen LogP contribution < -0.4 is 21.3 Å². The maximum atomic E-state index is 11.5. The van der Waals surface area contributed by atoms with Crippen LogP contribution in [0.15, 0.2) is 30.5 Å². The Morgan fingerprint density at radius 2 is 2.03 bits per heavy atom. The summed E-state index contributed by atoms with van der Waals surface area (Å²) in [5, 5.41) is 14.1. The quantitative estimate of drug-likeness (QED) is 0.413. The molecule has 1 fully saturated rings. The van der Waals surface area contributed by atoms with Gasteiger partial charge in [-0.05, 0) is 42.7 Å². The van der Waals surface area contributed by atoms with E-state index < -0.39 is 11.9 Å². The van der Waals surface area contributed by atoms with Crippen LogP contribution in [0.3, 0.4) is 0 Å². The van der Waals surface area contributed by atoms with Crippen molar-refractivity contribution in [1.29, 1.82) is 0 Å². The van der Waals surface area contributed by atoms with Crippen LogP contribution in [0.4, 0.5) is 11.6 Å². The molecule has 1 unspecified atom stereocenters. The Balaban J connectivity index is 0.000000868. The van der Waals surface area contributed by atoms with Gasteiger partial charge in [0.05, 0.1) is 6.20 Å². The van der Waals surface area contributed by atoms with Crippen molar-refractivity contribution in [1.82, 2.24) is 20.2 Å². The number of amides is 1. The third-order valence-corrected chi connectivity index (χ3v) is 7.24. The van der Waals surface area contributed by atoms with Crippen molar-refractivity contribution >= 4 is 35.2 Å². The molecule has 1 aliphatic carbocycles. The van der Waals surface area contributed by atoms with Crippen LogP contribution in [-0.2, 0) is 16.0 Å². The first-order valence-corrected chi connectivity index (χ1v) is 11.2. The minimum absolute atomic E-state index is 0.0948. The Bertz CT molecular complexity index is 1190. The first kappa shape index (κ1) is 23.4. The number of anilines is 2.